The molecule has 1 N–H and O–H groups in total. The standard InChI is InChI=1S/C14H13NO3/c16-11-5-7-14(8-6-12(17)15-13(14)18)10-4-2-1-3-9(10)11/h1-4H,5-8H2,(H,15,17,18)/t14-/m0/s1. The normalized spacial score (nSPS) is 27.0. The van der Waals surface area contributed by atoms with Crippen molar-refractivity contribution in [2.45, 2.75) is 31.1 Å². The second kappa shape index (κ2) is 3.77. The van der Waals surface area contributed by atoms with Crippen molar-refractivity contribution in [3.05, 3.63) is 35.4 Å². The number of benzene rings is 1. The predicted molar refractivity (Wildman–Crippen MR) is 64.1 cm³/mol. The summed E-state index contributed by atoms with van der Waals surface area (Å²) >= 11 is 0. The third-order valence-electron chi connectivity index (χ3n) is 3.99. The van der Waals surface area contributed by atoms with Crippen molar-refractivity contribution in [1.29, 1.82) is 0 Å². The summed E-state index contributed by atoms with van der Waals surface area (Å²) in [5.41, 5.74) is 0.734. The zero-order valence-electron chi connectivity index (χ0n) is 9.86. The molecule has 1 fully saturated rings. The van der Waals surface area contributed by atoms with E-state index in [2.05, 4.69) is 5.32 Å². The fraction of sp³-hybridized carbons (Fsp3) is 0.357. The van der Waals surface area contributed by atoms with Crippen LogP contribution in [0.1, 0.15) is 41.6 Å². The Balaban J connectivity index is 2.14. The number of rotatable bonds is 0. The molecule has 2 amide bonds. The number of fused-ring (bicyclic) bond motifs is 2. The van der Waals surface area contributed by atoms with E-state index in [9.17, 15) is 14.4 Å². The van der Waals surface area contributed by atoms with Gasteiger partial charge in [0.05, 0.1) is 5.41 Å². The number of carbonyl (C=O) groups excluding carboxylic acids is 3. The Morgan fingerprint density at radius 1 is 1.00 bits per heavy atom. The first-order valence-electron chi connectivity index (χ1n) is 6.10. The van der Waals surface area contributed by atoms with Gasteiger partial charge in [0, 0.05) is 18.4 Å². The molecular formula is C14H13NO3. The molecule has 0 aromatic heterocycles. The van der Waals surface area contributed by atoms with Crippen molar-refractivity contribution in [3.63, 3.8) is 0 Å². The minimum absolute atomic E-state index is 0.0842. The minimum atomic E-state index is -0.682. The molecule has 0 unspecified atom stereocenters. The lowest BCUT2D eigenvalue weighted by Crippen LogP contribution is -2.53. The molecule has 1 heterocycles. The Kier molecular flexibility index (Phi) is 2.33. The number of amides is 2. The molecule has 2 aliphatic rings. The van der Waals surface area contributed by atoms with Crippen LogP contribution >= 0.6 is 0 Å². The molecule has 1 saturated heterocycles. The Hall–Kier alpha value is -1.97. The largest absolute Gasteiger partial charge is 0.296 e. The van der Waals surface area contributed by atoms with Crippen molar-refractivity contribution in [3.8, 4) is 0 Å². The average molecular weight is 243 g/mol. The maximum atomic E-state index is 12.2. The van der Waals surface area contributed by atoms with Gasteiger partial charge in [0.2, 0.25) is 11.8 Å². The Bertz CT molecular complexity index is 564. The maximum absolute atomic E-state index is 12.2. The van der Waals surface area contributed by atoms with Crippen LogP contribution in [0.4, 0.5) is 0 Å². The van der Waals surface area contributed by atoms with Crippen LogP contribution in [0.15, 0.2) is 24.3 Å². The van der Waals surface area contributed by atoms with E-state index in [1.54, 1.807) is 6.07 Å². The van der Waals surface area contributed by atoms with Gasteiger partial charge in [0.25, 0.3) is 0 Å². The smallest absolute Gasteiger partial charge is 0.237 e. The van der Waals surface area contributed by atoms with Gasteiger partial charge in [-0.05, 0) is 18.4 Å². The molecule has 3 rings (SSSR count). The molecule has 1 spiro atoms. The molecule has 1 aliphatic carbocycles. The molecule has 1 aliphatic heterocycles. The molecule has 1 aromatic carbocycles. The van der Waals surface area contributed by atoms with Gasteiger partial charge in [-0.15, -0.1) is 0 Å². The highest BCUT2D eigenvalue weighted by molar-refractivity contribution is 6.08. The summed E-state index contributed by atoms with van der Waals surface area (Å²) in [5, 5.41) is 2.41. The van der Waals surface area contributed by atoms with Crippen molar-refractivity contribution in [2.75, 3.05) is 0 Å². The lowest BCUT2D eigenvalue weighted by Gasteiger charge is -2.39. The van der Waals surface area contributed by atoms with Gasteiger partial charge in [0.1, 0.15) is 0 Å². The summed E-state index contributed by atoms with van der Waals surface area (Å²) in [6, 6.07) is 7.24. The van der Waals surface area contributed by atoms with Crippen molar-refractivity contribution in [2.24, 2.45) is 0 Å². The van der Waals surface area contributed by atoms with Gasteiger partial charge in [-0.25, -0.2) is 0 Å². The monoisotopic (exact) mass is 243 g/mol. The summed E-state index contributed by atoms with van der Waals surface area (Å²) in [6.07, 6.45) is 1.72. The molecule has 92 valence electrons. The van der Waals surface area contributed by atoms with Crippen molar-refractivity contribution < 1.29 is 14.4 Å². The second-order valence-corrected chi connectivity index (χ2v) is 4.93. The van der Waals surface area contributed by atoms with Crippen molar-refractivity contribution in [1.82, 2.24) is 5.32 Å². The first kappa shape index (κ1) is 11.1. The van der Waals surface area contributed by atoms with E-state index in [4.69, 9.17) is 0 Å². The van der Waals surface area contributed by atoms with Gasteiger partial charge < -0.3 is 0 Å². The highest BCUT2D eigenvalue weighted by atomic mass is 16.2. The van der Waals surface area contributed by atoms with E-state index in [-0.39, 0.29) is 17.6 Å². The third kappa shape index (κ3) is 1.41. The minimum Gasteiger partial charge on any atom is -0.296 e. The number of imide groups is 1. The molecule has 0 saturated carbocycles. The maximum Gasteiger partial charge on any atom is 0.237 e. The van der Waals surface area contributed by atoms with E-state index in [0.717, 1.165) is 5.56 Å². The lowest BCUT2D eigenvalue weighted by atomic mass is 9.65. The highest BCUT2D eigenvalue weighted by Gasteiger charge is 2.47. The van der Waals surface area contributed by atoms with Gasteiger partial charge in [-0.3, -0.25) is 19.7 Å². The molecule has 1 atom stereocenters. The van der Waals surface area contributed by atoms with Gasteiger partial charge in [0.15, 0.2) is 5.78 Å². The fourth-order valence-electron chi connectivity index (χ4n) is 2.98. The fourth-order valence-corrected chi connectivity index (χ4v) is 2.98. The predicted octanol–water partition coefficient (Wildman–Crippen LogP) is 1.34. The molecule has 0 bridgehead atoms. The van der Waals surface area contributed by atoms with Gasteiger partial charge in [-0.2, -0.15) is 0 Å². The van der Waals surface area contributed by atoms with Gasteiger partial charge in [-0.1, -0.05) is 24.3 Å². The van der Waals surface area contributed by atoms with Crippen LogP contribution in [0.25, 0.3) is 0 Å². The summed E-state index contributed by atoms with van der Waals surface area (Å²) < 4.78 is 0. The Morgan fingerprint density at radius 3 is 2.50 bits per heavy atom. The van der Waals surface area contributed by atoms with Crippen LogP contribution in [0, 0.1) is 0 Å². The lowest BCUT2D eigenvalue weighted by molar-refractivity contribution is -0.138. The first-order valence-corrected chi connectivity index (χ1v) is 6.10. The highest BCUT2D eigenvalue weighted by Crippen LogP contribution is 2.42. The van der Waals surface area contributed by atoms with E-state index < -0.39 is 5.41 Å². The quantitative estimate of drug-likeness (QED) is 0.699. The van der Waals surface area contributed by atoms with Crippen LogP contribution in [0.5, 0.6) is 0 Å². The zero-order valence-corrected chi connectivity index (χ0v) is 9.86. The summed E-state index contributed by atoms with van der Waals surface area (Å²) in [5.74, 6) is -0.389. The number of hydrogen-bond donors (Lipinski definition) is 1. The van der Waals surface area contributed by atoms with E-state index in [1.165, 1.54) is 0 Å². The zero-order chi connectivity index (χ0) is 12.8. The van der Waals surface area contributed by atoms with Crippen LogP contribution < -0.4 is 5.32 Å². The Labute approximate surface area is 104 Å². The number of nitrogens with one attached hydrogen (secondary N) is 1. The topological polar surface area (TPSA) is 63.2 Å². The van der Waals surface area contributed by atoms with Gasteiger partial charge >= 0.3 is 0 Å². The number of piperidine rings is 1. The number of carbonyl (C=O) groups is 3. The van der Waals surface area contributed by atoms with E-state index >= 15 is 0 Å². The Morgan fingerprint density at radius 2 is 1.72 bits per heavy atom. The molecule has 1 aromatic rings. The van der Waals surface area contributed by atoms with Crippen LogP contribution in [-0.2, 0) is 15.0 Å². The first-order chi connectivity index (χ1) is 8.63. The summed E-state index contributed by atoms with van der Waals surface area (Å²) in [7, 11) is 0. The number of hydrogen-bond acceptors (Lipinski definition) is 3. The van der Waals surface area contributed by atoms with E-state index in [1.807, 2.05) is 18.2 Å². The average Bonchev–Trinajstić information content (AvgIpc) is 2.38. The van der Waals surface area contributed by atoms with Crippen LogP contribution in [-0.4, -0.2) is 17.6 Å². The SMILES string of the molecule is O=C1CC[C@]2(CCC(=O)c3ccccc32)C(=O)N1. The molecule has 4 heteroatoms. The molecular weight excluding hydrogens is 230 g/mol. The van der Waals surface area contributed by atoms with E-state index in [0.29, 0.717) is 31.2 Å². The summed E-state index contributed by atoms with van der Waals surface area (Å²) in [4.78, 5) is 35.4. The van der Waals surface area contributed by atoms with Crippen LogP contribution in [0.2, 0.25) is 0 Å². The number of Topliss-reactive ketones (excluding diaryl/α,β-unsaturated/α-hetero) is 1. The molecule has 4 nitrogen and oxygen atoms in total. The van der Waals surface area contributed by atoms with Crippen molar-refractivity contribution >= 4 is 17.6 Å². The molecule has 18 heavy (non-hydrogen) atoms. The summed E-state index contributed by atoms with van der Waals surface area (Å²) in [6.45, 7) is 0. The third-order valence-corrected chi connectivity index (χ3v) is 3.99. The van der Waals surface area contributed by atoms with Crippen LogP contribution in [0.3, 0.4) is 0 Å². The molecule has 0 radical (unpaired) electrons. The number of ketones is 1. The second-order valence-electron chi connectivity index (χ2n) is 4.93.